The van der Waals surface area contributed by atoms with Gasteiger partial charge >= 0.3 is 6.18 Å². The first-order chi connectivity index (χ1) is 8.59. The van der Waals surface area contributed by atoms with E-state index in [1.807, 2.05) is 0 Å². The topological polar surface area (TPSA) is 64.3 Å². The Morgan fingerprint density at radius 2 is 1.95 bits per heavy atom. The second kappa shape index (κ2) is 5.08. The van der Waals surface area contributed by atoms with Crippen LogP contribution < -0.4 is 15.8 Å². The van der Waals surface area contributed by atoms with Crippen LogP contribution in [0.5, 0.6) is 5.75 Å². The Kier molecular flexibility index (Phi) is 4.09. The summed E-state index contributed by atoms with van der Waals surface area (Å²) < 4.78 is 42.9. The van der Waals surface area contributed by atoms with E-state index in [-0.39, 0.29) is 11.4 Å². The minimum Gasteiger partial charge on any atom is -0.495 e. The molecule has 1 aromatic rings. The molecule has 0 aliphatic rings. The predicted molar refractivity (Wildman–Crippen MR) is 65.0 cm³/mol. The molecule has 7 heteroatoms. The third kappa shape index (κ3) is 3.17. The van der Waals surface area contributed by atoms with Gasteiger partial charge in [-0.15, -0.1) is 0 Å². The Labute approximate surface area is 108 Å². The van der Waals surface area contributed by atoms with Crippen molar-refractivity contribution in [2.24, 2.45) is 5.73 Å². The molecule has 1 unspecified atom stereocenters. The van der Waals surface area contributed by atoms with Crippen LogP contribution in [0.15, 0.2) is 18.2 Å². The normalized spacial score (nSPS) is 14.7. The van der Waals surface area contributed by atoms with Gasteiger partial charge in [-0.3, -0.25) is 4.79 Å². The number of halogens is 3. The molecule has 0 aliphatic carbocycles. The number of aryl methyl sites for hydroxylation is 1. The van der Waals surface area contributed by atoms with Gasteiger partial charge in [-0.25, -0.2) is 0 Å². The monoisotopic (exact) mass is 276 g/mol. The summed E-state index contributed by atoms with van der Waals surface area (Å²) in [6.07, 6.45) is -4.84. The van der Waals surface area contributed by atoms with Crippen LogP contribution in [-0.4, -0.2) is 24.7 Å². The van der Waals surface area contributed by atoms with Crippen LogP contribution in [0.4, 0.5) is 18.9 Å². The number of hydrogen-bond acceptors (Lipinski definition) is 3. The Morgan fingerprint density at radius 3 is 2.42 bits per heavy atom. The smallest absolute Gasteiger partial charge is 0.415 e. The van der Waals surface area contributed by atoms with Crippen molar-refractivity contribution in [3.8, 4) is 5.75 Å². The Morgan fingerprint density at radius 1 is 1.37 bits per heavy atom. The molecule has 19 heavy (non-hydrogen) atoms. The van der Waals surface area contributed by atoms with Gasteiger partial charge in [0.2, 0.25) is 0 Å². The SMILES string of the molecule is COc1ccc(C)cc1NC(=O)C(C)(N)C(F)(F)F. The van der Waals surface area contributed by atoms with Crippen LogP contribution in [0, 0.1) is 6.92 Å². The zero-order valence-electron chi connectivity index (χ0n) is 10.8. The van der Waals surface area contributed by atoms with Crippen LogP contribution in [-0.2, 0) is 4.79 Å². The highest BCUT2D eigenvalue weighted by Gasteiger charge is 2.54. The summed E-state index contributed by atoms with van der Waals surface area (Å²) >= 11 is 0. The lowest BCUT2D eigenvalue weighted by atomic mass is 10.0. The van der Waals surface area contributed by atoms with E-state index in [4.69, 9.17) is 10.5 Å². The Hall–Kier alpha value is -1.76. The molecule has 1 atom stereocenters. The van der Waals surface area contributed by atoms with Crippen molar-refractivity contribution in [1.29, 1.82) is 0 Å². The van der Waals surface area contributed by atoms with Gasteiger partial charge in [0.15, 0.2) is 5.54 Å². The van der Waals surface area contributed by atoms with E-state index in [0.29, 0.717) is 6.92 Å². The molecular formula is C12H15F3N2O2. The fraction of sp³-hybridized carbons (Fsp3) is 0.417. The van der Waals surface area contributed by atoms with E-state index >= 15 is 0 Å². The van der Waals surface area contributed by atoms with Crippen LogP contribution >= 0.6 is 0 Å². The van der Waals surface area contributed by atoms with Crippen LogP contribution in [0.2, 0.25) is 0 Å². The zero-order chi connectivity index (χ0) is 14.8. The van der Waals surface area contributed by atoms with Crippen molar-refractivity contribution in [3.05, 3.63) is 23.8 Å². The molecule has 3 N–H and O–H groups in total. The molecule has 0 radical (unpaired) electrons. The molecule has 1 amide bonds. The summed E-state index contributed by atoms with van der Waals surface area (Å²) in [6.45, 7) is 2.35. The van der Waals surface area contributed by atoms with Gasteiger partial charge in [0, 0.05) is 0 Å². The van der Waals surface area contributed by atoms with Crippen molar-refractivity contribution >= 4 is 11.6 Å². The maximum absolute atomic E-state index is 12.6. The first-order valence-corrected chi connectivity index (χ1v) is 5.41. The lowest BCUT2D eigenvalue weighted by Crippen LogP contribution is -2.59. The molecule has 4 nitrogen and oxygen atoms in total. The van der Waals surface area contributed by atoms with Crippen molar-refractivity contribution < 1.29 is 22.7 Å². The molecule has 106 valence electrons. The number of alkyl halides is 3. The van der Waals surface area contributed by atoms with Crippen molar-refractivity contribution in [1.82, 2.24) is 0 Å². The van der Waals surface area contributed by atoms with Gasteiger partial charge in [0.1, 0.15) is 5.75 Å². The third-order valence-corrected chi connectivity index (χ3v) is 2.66. The molecule has 0 saturated carbocycles. The number of amides is 1. The molecule has 0 spiro atoms. The van der Waals surface area contributed by atoms with Crippen molar-refractivity contribution in [3.63, 3.8) is 0 Å². The maximum Gasteiger partial charge on any atom is 0.415 e. The number of nitrogens with one attached hydrogen (secondary N) is 1. The summed E-state index contributed by atoms with van der Waals surface area (Å²) in [6, 6.07) is 4.76. The molecule has 1 aromatic carbocycles. The number of methoxy groups -OCH3 is 1. The molecule has 0 heterocycles. The van der Waals surface area contributed by atoms with E-state index in [0.717, 1.165) is 5.56 Å². The third-order valence-electron chi connectivity index (χ3n) is 2.66. The van der Waals surface area contributed by atoms with Crippen molar-refractivity contribution in [2.75, 3.05) is 12.4 Å². The Bertz CT molecular complexity index is 484. The largest absolute Gasteiger partial charge is 0.495 e. The van der Waals surface area contributed by atoms with E-state index < -0.39 is 17.6 Å². The second-order valence-corrected chi connectivity index (χ2v) is 4.36. The number of rotatable bonds is 3. The number of hydrogen-bond donors (Lipinski definition) is 2. The predicted octanol–water partition coefficient (Wildman–Crippen LogP) is 2.22. The van der Waals surface area contributed by atoms with Gasteiger partial charge in [0.05, 0.1) is 12.8 Å². The summed E-state index contributed by atoms with van der Waals surface area (Å²) in [7, 11) is 1.35. The van der Waals surface area contributed by atoms with Crippen LogP contribution in [0.25, 0.3) is 0 Å². The quantitative estimate of drug-likeness (QED) is 0.889. The van der Waals surface area contributed by atoms with Crippen LogP contribution in [0.1, 0.15) is 12.5 Å². The van der Waals surface area contributed by atoms with E-state index in [1.165, 1.54) is 13.2 Å². The standard InChI is InChI=1S/C12H15F3N2O2/c1-7-4-5-9(19-3)8(6-7)17-10(18)11(2,16)12(13,14)15/h4-6H,16H2,1-3H3,(H,17,18). The number of carbonyl (C=O) groups excluding carboxylic acids is 1. The van der Waals surface area contributed by atoms with Gasteiger partial charge in [0.25, 0.3) is 5.91 Å². The fourth-order valence-electron chi connectivity index (χ4n) is 1.30. The molecular weight excluding hydrogens is 261 g/mol. The first-order valence-electron chi connectivity index (χ1n) is 5.41. The van der Waals surface area contributed by atoms with Crippen LogP contribution in [0.3, 0.4) is 0 Å². The fourth-order valence-corrected chi connectivity index (χ4v) is 1.30. The number of nitrogens with two attached hydrogens (primary N) is 1. The highest BCUT2D eigenvalue weighted by atomic mass is 19.4. The average molecular weight is 276 g/mol. The number of ether oxygens (including phenoxy) is 1. The highest BCUT2D eigenvalue weighted by molar-refractivity contribution is 5.99. The average Bonchev–Trinajstić information content (AvgIpc) is 2.27. The number of carbonyl (C=O) groups is 1. The highest BCUT2D eigenvalue weighted by Crippen LogP contribution is 2.31. The second-order valence-electron chi connectivity index (χ2n) is 4.36. The number of benzene rings is 1. The van der Waals surface area contributed by atoms with Gasteiger partial charge in [-0.1, -0.05) is 6.07 Å². The summed E-state index contributed by atoms with van der Waals surface area (Å²) in [5.74, 6) is -1.08. The summed E-state index contributed by atoms with van der Waals surface area (Å²) in [5, 5.41) is 2.14. The number of anilines is 1. The molecule has 0 saturated heterocycles. The minimum atomic E-state index is -4.84. The molecule has 0 aliphatic heterocycles. The Balaban J connectivity index is 3.03. The lowest BCUT2D eigenvalue weighted by molar-refractivity contribution is -0.184. The molecule has 0 bridgehead atoms. The van der Waals surface area contributed by atoms with Gasteiger partial charge < -0.3 is 15.8 Å². The molecule has 0 fully saturated rings. The maximum atomic E-state index is 12.6. The first kappa shape index (κ1) is 15.3. The van der Waals surface area contributed by atoms with E-state index in [1.54, 1.807) is 19.1 Å². The van der Waals surface area contributed by atoms with Gasteiger partial charge in [-0.05, 0) is 31.5 Å². The zero-order valence-corrected chi connectivity index (χ0v) is 10.8. The summed E-state index contributed by atoms with van der Waals surface area (Å²) in [5.41, 5.74) is 2.98. The molecule has 1 rings (SSSR count). The lowest BCUT2D eigenvalue weighted by Gasteiger charge is -2.26. The van der Waals surface area contributed by atoms with Crippen molar-refractivity contribution in [2.45, 2.75) is 25.6 Å². The molecule has 0 aromatic heterocycles. The minimum absolute atomic E-state index is 0.147. The van der Waals surface area contributed by atoms with Gasteiger partial charge in [-0.2, -0.15) is 13.2 Å². The van der Waals surface area contributed by atoms with E-state index in [2.05, 4.69) is 5.32 Å². The van der Waals surface area contributed by atoms with E-state index in [9.17, 15) is 18.0 Å². The summed E-state index contributed by atoms with van der Waals surface area (Å²) in [4.78, 5) is 11.6.